The quantitative estimate of drug-likeness (QED) is 0.610. The Morgan fingerprint density at radius 1 is 1.07 bits per heavy atom. The van der Waals surface area contributed by atoms with Gasteiger partial charge in [0, 0.05) is 38.8 Å². The lowest BCUT2D eigenvalue weighted by Crippen LogP contribution is -2.51. The molecule has 1 aliphatic heterocycles. The minimum absolute atomic E-state index is 0.0251. The number of sulfonamides is 1. The number of carbonyl (C=O) groups excluding carboxylic acids is 1. The summed E-state index contributed by atoms with van der Waals surface area (Å²) in [7, 11) is -3.64. The highest BCUT2D eigenvalue weighted by molar-refractivity contribution is 7.89. The number of carbonyl (C=O) groups is 1. The highest BCUT2D eigenvalue weighted by Gasteiger charge is 2.30. The van der Waals surface area contributed by atoms with E-state index in [0.717, 1.165) is 0 Å². The van der Waals surface area contributed by atoms with Crippen molar-refractivity contribution in [1.29, 1.82) is 0 Å². The molecule has 0 aliphatic carbocycles. The summed E-state index contributed by atoms with van der Waals surface area (Å²) in [6, 6.07) is 4.71. The van der Waals surface area contributed by atoms with Crippen molar-refractivity contribution in [3.8, 4) is 11.5 Å². The zero-order valence-electron chi connectivity index (χ0n) is 17.8. The molecule has 1 heterocycles. The van der Waals surface area contributed by atoms with Gasteiger partial charge in [0.1, 0.15) is 0 Å². The van der Waals surface area contributed by atoms with E-state index in [1.54, 1.807) is 12.1 Å². The summed E-state index contributed by atoms with van der Waals surface area (Å²) in [5.41, 5.74) is 0. The third-order valence-corrected chi connectivity index (χ3v) is 6.45. The molecule has 8 nitrogen and oxygen atoms in total. The molecule has 0 atom stereocenters. The van der Waals surface area contributed by atoms with Crippen LogP contribution in [0.4, 0.5) is 0 Å². The summed E-state index contributed by atoms with van der Waals surface area (Å²) < 4.78 is 38.6. The van der Waals surface area contributed by atoms with Gasteiger partial charge in [0.15, 0.2) is 11.5 Å². The molecule has 164 valence electrons. The Bertz CT molecular complexity index is 774. The molecule has 0 bridgehead atoms. The number of benzene rings is 1. The Kier molecular flexibility index (Phi) is 8.73. The summed E-state index contributed by atoms with van der Waals surface area (Å²) >= 11 is 0. The largest absolute Gasteiger partial charge is 0.490 e. The monoisotopic (exact) mass is 427 g/mol. The topological polar surface area (TPSA) is 88.2 Å². The van der Waals surface area contributed by atoms with E-state index in [1.165, 1.54) is 10.4 Å². The highest BCUT2D eigenvalue weighted by atomic mass is 32.2. The Hall–Kier alpha value is -1.84. The molecule has 0 radical (unpaired) electrons. The normalized spacial score (nSPS) is 16.0. The van der Waals surface area contributed by atoms with E-state index in [0.29, 0.717) is 63.4 Å². The van der Waals surface area contributed by atoms with E-state index in [4.69, 9.17) is 9.47 Å². The van der Waals surface area contributed by atoms with Crippen molar-refractivity contribution < 1.29 is 22.7 Å². The summed E-state index contributed by atoms with van der Waals surface area (Å²) in [6.07, 6.45) is 0. The second kappa shape index (κ2) is 10.8. The van der Waals surface area contributed by atoms with Crippen LogP contribution in [0.15, 0.2) is 23.1 Å². The van der Waals surface area contributed by atoms with E-state index < -0.39 is 10.0 Å². The number of nitrogens with one attached hydrogen (secondary N) is 1. The lowest BCUT2D eigenvalue weighted by molar-refractivity contribution is -0.122. The van der Waals surface area contributed by atoms with Crippen LogP contribution >= 0.6 is 0 Å². The molecule has 0 aromatic heterocycles. The van der Waals surface area contributed by atoms with Gasteiger partial charge in [0.2, 0.25) is 15.9 Å². The minimum Gasteiger partial charge on any atom is -0.490 e. The van der Waals surface area contributed by atoms with Crippen LogP contribution in [0.5, 0.6) is 11.5 Å². The Morgan fingerprint density at radius 3 is 2.28 bits per heavy atom. The minimum atomic E-state index is -3.64. The first kappa shape index (κ1) is 23.4. The van der Waals surface area contributed by atoms with Crippen molar-refractivity contribution in [1.82, 2.24) is 14.5 Å². The zero-order chi connectivity index (χ0) is 21.4. The maximum atomic E-state index is 13.1. The van der Waals surface area contributed by atoms with Gasteiger partial charge >= 0.3 is 0 Å². The molecule has 1 aromatic rings. The first-order valence-electron chi connectivity index (χ1n) is 10.2. The molecule has 9 heteroatoms. The summed E-state index contributed by atoms with van der Waals surface area (Å²) in [6.45, 7) is 11.3. The molecule has 1 fully saturated rings. The second-order valence-electron chi connectivity index (χ2n) is 7.35. The molecule has 1 aromatic carbocycles. The van der Waals surface area contributed by atoms with Crippen LogP contribution in [-0.2, 0) is 14.8 Å². The second-order valence-corrected chi connectivity index (χ2v) is 9.29. The van der Waals surface area contributed by atoms with Crippen molar-refractivity contribution in [3.63, 3.8) is 0 Å². The van der Waals surface area contributed by atoms with Gasteiger partial charge in [0.05, 0.1) is 24.7 Å². The van der Waals surface area contributed by atoms with Crippen molar-refractivity contribution in [2.24, 2.45) is 5.92 Å². The molecule has 1 N–H and O–H groups in total. The smallest absolute Gasteiger partial charge is 0.243 e. The summed E-state index contributed by atoms with van der Waals surface area (Å²) in [4.78, 5) is 14.2. The maximum absolute atomic E-state index is 13.1. The molecule has 1 aliphatic rings. The Morgan fingerprint density at radius 2 is 1.69 bits per heavy atom. The summed E-state index contributed by atoms with van der Waals surface area (Å²) in [5.74, 6) is 1.33. The van der Waals surface area contributed by atoms with Crippen LogP contribution in [0.25, 0.3) is 0 Å². The highest BCUT2D eigenvalue weighted by Crippen LogP contribution is 2.31. The molecule has 0 unspecified atom stereocenters. The lowest BCUT2D eigenvalue weighted by atomic mass is 10.2. The van der Waals surface area contributed by atoms with Gasteiger partial charge in [-0.2, -0.15) is 4.31 Å². The Balaban J connectivity index is 2.00. The molecule has 0 spiro atoms. The van der Waals surface area contributed by atoms with E-state index >= 15 is 0 Å². The van der Waals surface area contributed by atoms with Crippen molar-refractivity contribution >= 4 is 15.9 Å². The van der Waals surface area contributed by atoms with Crippen LogP contribution < -0.4 is 14.8 Å². The number of nitrogens with zero attached hydrogens (tertiary/aromatic N) is 2. The standard InChI is InChI=1S/C20H33N3O5S/c1-5-27-18-8-7-17(13-19(18)28-6-2)29(25,26)23-11-9-22(10-12-23)15-20(24)21-14-16(3)4/h7-8,13,16H,5-6,9-12,14-15H2,1-4H3,(H,21,24). The van der Waals surface area contributed by atoms with Crippen LogP contribution in [0.3, 0.4) is 0 Å². The SMILES string of the molecule is CCOc1ccc(S(=O)(=O)N2CCN(CC(=O)NCC(C)C)CC2)cc1OCC. The van der Waals surface area contributed by atoms with Gasteiger partial charge < -0.3 is 14.8 Å². The van der Waals surface area contributed by atoms with Crippen LogP contribution in [0, 0.1) is 5.92 Å². The van der Waals surface area contributed by atoms with Gasteiger partial charge in [-0.3, -0.25) is 9.69 Å². The first-order valence-corrected chi connectivity index (χ1v) is 11.6. The van der Waals surface area contributed by atoms with E-state index in [-0.39, 0.29) is 17.3 Å². The summed E-state index contributed by atoms with van der Waals surface area (Å²) in [5, 5.41) is 2.89. The first-order chi connectivity index (χ1) is 13.8. The fourth-order valence-corrected chi connectivity index (χ4v) is 4.48. The predicted octanol–water partition coefficient (Wildman–Crippen LogP) is 1.56. The molecular weight excluding hydrogens is 394 g/mol. The average molecular weight is 428 g/mol. The third-order valence-electron chi connectivity index (χ3n) is 4.56. The van der Waals surface area contributed by atoms with Crippen molar-refractivity contribution in [2.75, 3.05) is 52.5 Å². The van der Waals surface area contributed by atoms with Gasteiger partial charge in [-0.05, 0) is 31.9 Å². The molecule has 2 rings (SSSR count). The van der Waals surface area contributed by atoms with E-state index in [9.17, 15) is 13.2 Å². The molecule has 1 saturated heterocycles. The molecule has 29 heavy (non-hydrogen) atoms. The van der Waals surface area contributed by atoms with Crippen LogP contribution in [-0.4, -0.2) is 76.0 Å². The number of piperazine rings is 1. The van der Waals surface area contributed by atoms with Gasteiger partial charge in [0.25, 0.3) is 0 Å². The molecular formula is C20H33N3O5S. The lowest BCUT2D eigenvalue weighted by Gasteiger charge is -2.33. The number of hydrogen-bond donors (Lipinski definition) is 1. The van der Waals surface area contributed by atoms with Gasteiger partial charge in [-0.15, -0.1) is 0 Å². The van der Waals surface area contributed by atoms with Crippen molar-refractivity contribution in [2.45, 2.75) is 32.6 Å². The van der Waals surface area contributed by atoms with E-state index in [1.807, 2.05) is 32.6 Å². The molecule has 1 amide bonds. The Labute approximate surface area is 174 Å². The van der Waals surface area contributed by atoms with Crippen LogP contribution in [0.2, 0.25) is 0 Å². The van der Waals surface area contributed by atoms with Crippen molar-refractivity contribution in [3.05, 3.63) is 18.2 Å². The predicted molar refractivity (Wildman–Crippen MR) is 112 cm³/mol. The number of rotatable bonds is 10. The maximum Gasteiger partial charge on any atom is 0.243 e. The average Bonchev–Trinajstić information content (AvgIpc) is 2.68. The fourth-order valence-electron chi connectivity index (χ4n) is 3.05. The zero-order valence-corrected chi connectivity index (χ0v) is 18.6. The van der Waals surface area contributed by atoms with Gasteiger partial charge in [-0.25, -0.2) is 8.42 Å². The third kappa shape index (κ3) is 6.58. The van der Waals surface area contributed by atoms with E-state index in [2.05, 4.69) is 5.32 Å². The molecule has 0 saturated carbocycles. The number of amides is 1. The number of ether oxygens (including phenoxy) is 2. The fraction of sp³-hybridized carbons (Fsp3) is 0.650. The number of hydrogen-bond acceptors (Lipinski definition) is 6. The van der Waals surface area contributed by atoms with Crippen LogP contribution in [0.1, 0.15) is 27.7 Å². The van der Waals surface area contributed by atoms with Gasteiger partial charge in [-0.1, -0.05) is 13.8 Å².